The largest absolute Gasteiger partial charge is 0.497 e. The normalized spacial score (nSPS) is 14.0. The van der Waals surface area contributed by atoms with Gasteiger partial charge in [0.1, 0.15) is 11.6 Å². The lowest BCUT2D eigenvalue weighted by Gasteiger charge is -2.25. The quantitative estimate of drug-likeness (QED) is 0.509. The molecule has 1 aliphatic heterocycles. The lowest BCUT2D eigenvalue weighted by molar-refractivity contribution is -0.124. The molecule has 166 valence electrons. The number of nitrogens with zero attached hydrogens (tertiary/aromatic N) is 2. The van der Waals surface area contributed by atoms with Crippen molar-refractivity contribution in [3.8, 4) is 5.75 Å². The molecule has 0 bridgehead atoms. The summed E-state index contributed by atoms with van der Waals surface area (Å²) in [6.45, 7) is 2.78. The lowest BCUT2D eigenvalue weighted by atomic mass is 10.1. The Hall–Kier alpha value is -3.69. The van der Waals surface area contributed by atoms with Gasteiger partial charge < -0.3 is 14.8 Å². The summed E-state index contributed by atoms with van der Waals surface area (Å²) in [7, 11) is 1.60. The number of carbonyl (C=O) groups is 2. The minimum Gasteiger partial charge on any atom is -0.497 e. The monoisotopic (exact) mass is 435 g/mol. The van der Waals surface area contributed by atoms with Crippen LogP contribution in [0.5, 0.6) is 5.75 Å². The van der Waals surface area contributed by atoms with Crippen molar-refractivity contribution < 1.29 is 19.1 Å². The van der Waals surface area contributed by atoms with Gasteiger partial charge in [0.05, 0.1) is 37.9 Å². The Balaban J connectivity index is 1.50. The van der Waals surface area contributed by atoms with Crippen LogP contribution in [0.25, 0.3) is 10.9 Å². The molecule has 0 radical (unpaired) electrons. The highest BCUT2D eigenvalue weighted by Crippen LogP contribution is 2.25. The van der Waals surface area contributed by atoms with E-state index >= 15 is 0 Å². The maximum atomic E-state index is 12.9. The molecule has 0 atom stereocenters. The Morgan fingerprint density at radius 2 is 1.88 bits per heavy atom. The van der Waals surface area contributed by atoms with Crippen LogP contribution in [0.1, 0.15) is 10.4 Å². The van der Waals surface area contributed by atoms with Crippen LogP contribution < -0.4 is 20.9 Å². The molecule has 3 N–H and O–H groups in total. The molecule has 2 amide bonds. The number of morpholine rings is 1. The van der Waals surface area contributed by atoms with Crippen molar-refractivity contribution in [2.75, 3.05) is 45.3 Å². The van der Waals surface area contributed by atoms with Crippen LogP contribution in [-0.2, 0) is 9.53 Å². The number of para-hydroxylation sites is 1. The Kier molecular flexibility index (Phi) is 6.78. The van der Waals surface area contributed by atoms with Gasteiger partial charge in [-0.05, 0) is 24.3 Å². The number of rotatable bonds is 6. The summed E-state index contributed by atoms with van der Waals surface area (Å²) in [5, 5.41) is 3.89. The predicted octanol–water partition coefficient (Wildman–Crippen LogP) is 2.08. The molecule has 2 heterocycles. The fraction of sp³-hybridized carbons (Fsp3) is 0.261. The van der Waals surface area contributed by atoms with E-state index in [4.69, 9.17) is 9.47 Å². The molecule has 1 aliphatic rings. The number of ether oxygens (including phenoxy) is 2. The first-order valence-electron chi connectivity index (χ1n) is 10.3. The minimum atomic E-state index is -0.424. The van der Waals surface area contributed by atoms with Crippen LogP contribution >= 0.6 is 0 Å². The SMILES string of the molecule is COc1cccc(Nc2cc(C(=O)NNC(=O)CN3CCOCC3)c3ccccc3n2)c1. The van der Waals surface area contributed by atoms with E-state index in [-0.39, 0.29) is 12.5 Å². The van der Waals surface area contributed by atoms with E-state index in [1.165, 1.54) is 0 Å². The molecule has 32 heavy (non-hydrogen) atoms. The minimum absolute atomic E-state index is 0.198. The fourth-order valence-electron chi connectivity index (χ4n) is 3.47. The van der Waals surface area contributed by atoms with Gasteiger partial charge in [-0.15, -0.1) is 0 Å². The molecule has 4 rings (SSSR count). The second-order valence-corrected chi connectivity index (χ2v) is 7.32. The van der Waals surface area contributed by atoms with E-state index in [0.29, 0.717) is 54.3 Å². The molecular formula is C23H25N5O4. The highest BCUT2D eigenvalue weighted by molar-refractivity contribution is 6.07. The summed E-state index contributed by atoms with van der Waals surface area (Å²) in [6, 6.07) is 16.4. The molecule has 0 aliphatic carbocycles. The second kappa shape index (κ2) is 10.1. The van der Waals surface area contributed by atoms with E-state index in [9.17, 15) is 9.59 Å². The summed E-state index contributed by atoms with van der Waals surface area (Å²) < 4.78 is 10.5. The van der Waals surface area contributed by atoms with Crippen molar-refractivity contribution in [3.63, 3.8) is 0 Å². The van der Waals surface area contributed by atoms with Crippen LogP contribution in [0.4, 0.5) is 11.5 Å². The molecule has 2 aromatic carbocycles. The van der Waals surface area contributed by atoms with Crippen molar-refractivity contribution >= 4 is 34.2 Å². The first-order valence-corrected chi connectivity index (χ1v) is 10.3. The number of amides is 2. The van der Waals surface area contributed by atoms with Gasteiger partial charge in [-0.25, -0.2) is 4.98 Å². The Bertz CT molecular complexity index is 1110. The average Bonchev–Trinajstić information content (AvgIpc) is 2.83. The number of benzene rings is 2. The van der Waals surface area contributed by atoms with Crippen molar-refractivity contribution in [2.24, 2.45) is 0 Å². The zero-order chi connectivity index (χ0) is 22.3. The number of pyridine rings is 1. The van der Waals surface area contributed by atoms with Crippen LogP contribution in [0.3, 0.4) is 0 Å². The number of hydrazine groups is 1. The number of fused-ring (bicyclic) bond motifs is 1. The summed E-state index contributed by atoms with van der Waals surface area (Å²) in [6.07, 6.45) is 0. The number of aromatic nitrogens is 1. The Labute approximate surface area is 185 Å². The molecule has 9 heteroatoms. The highest BCUT2D eigenvalue weighted by atomic mass is 16.5. The van der Waals surface area contributed by atoms with Crippen LogP contribution in [0.2, 0.25) is 0 Å². The molecule has 1 fully saturated rings. The Morgan fingerprint density at radius 1 is 1.06 bits per heavy atom. The average molecular weight is 435 g/mol. The van der Waals surface area contributed by atoms with Gasteiger partial charge in [-0.2, -0.15) is 0 Å². The van der Waals surface area contributed by atoms with Crippen molar-refractivity contribution in [1.82, 2.24) is 20.7 Å². The summed E-state index contributed by atoms with van der Waals surface area (Å²) in [5.41, 5.74) is 6.85. The zero-order valence-corrected chi connectivity index (χ0v) is 17.8. The van der Waals surface area contributed by atoms with Crippen LogP contribution in [0, 0.1) is 0 Å². The van der Waals surface area contributed by atoms with Gasteiger partial charge in [-0.3, -0.25) is 25.3 Å². The zero-order valence-electron chi connectivity index (χ0n) is 17.8. The van der Waals surface area contributed by atoms with Crippen molar-refractivity contribution in [3.05, 3.63) is 60.2 Å². The van der Waals surface area contributed by atoms with Gasteiger partial charge in [-0.1, -0.05) is 24.3 Å². The van der Waals surface area contributed by atoms with Gasteiger partial charge >= 0.3 is 0 Å². The summed E-state index contributed by atoms with van der Waals surface area (Å²) >= 11 is 0. The molecule has 0 saturated carbocycles. The number of hydrogen-bond donors (Lipinski definition) is 3. The summed E-state index contributed by atoms with van der Waals surface area (Å²) in [4.78, 5) is 31.7. The van der Waals surface area contributed by atoms with Gasteiger partial charge in [0.25, 0.3) is 11.8 Å². The van der Waals surface area contributed by atoms with Gasteiger partial charge in [0.2, 0.25) is 0 Å². The first-order chi connectivity index (χ1) is 15.6. The number of nitrogens with one attached hydrogen (secondary N) is 3. The number of methoxy groups -OCH3 is 1. The third-order valence-corrected chi connectivity index (χ3v) is 5.09. The molecule has 0 spiro atoms. The first kappa shape index (κ1) is 21.5. The topological polar surface area (TPSA) is 105 Å². The molecule has 0 unspecified atom stereocenters. The highest BCUT2D eigenvalue weighted by Gasteiger charge is 2.17. The molecular weight excluding hydrogens is 410 g/mol. The number of hydrogen-bond acceptors (Lipinski definition) is 7. The predicted molar refractivity (Wildman–Crippen MR) is 121 cm³/mol. The van der Waals surface area contributed by atoms with E-state index < -0.39 is 5.91 Å². The van der Waals surface area contributed by atoms with Crippen LogP contribution in [0.15, 0.2) is 54.6 Å². The van der Waals surface area contributed by atoms with E-state index in [1.807, 2.05) is 53.4 Å². The van der Waals surface area contributed by atoms with Gasteiger partial charge in [0, 0.05) is 30.2 Å². The molecule has 1 aromatic heterocycles. The Morgan fingerprint density at radius 3 is 2.69 bits per heavy atom. The van der Waals surface area contributed by atoms with Crippen molar-refractivity contribution in [2.45, 2.75) is 0 Å². The van der Waals surface area contributed by atoms with E-state index in [1.54, 1.807) is 13.2 Å². The smallest absolute Gasteiger partial charge is 0.270 e. The summed E-state index contributed by atoms with van der Waals surface area (Å²) in [5.74, 6) is 0.499. The molecule has 1 saturated heterocycles. The number of anilines is 2. The number of carbonyl (C=O) groups excluding carboxylic acids is 2. The van der Waals surface area contributed by atoms with Gasteiger partial charge in [0.15, 0.2) is 0 Å². The third-order valence-electron chi connectivity index (χ3n) is 5.09. The molecule has 9 nitrogen and oxygen atoms in total. The fourth-order valence-corrected chi connectivity index (χ4v) is 3.47. The van der Waals surface area contributed by atoms with Crippen molar-refractivity contribution in [1.29, 1.82) is 0 Å². The van der Waals surface area contributed by atoms with Crippen LogP contribution in [-0.4, -0.2) is 61.7 Å². The third kappa shape index (κ3) is 5.32. The van der Waals surface area contributed by atoms with E-state index in [0.717, 1.165) is 5.69 Å². The van der Waals surface area contributed by atoms with E-state index in [2.05, 4.69) is 21.2 Å². The lowest BCUT2D eigenvalue weighted by Crippen LogP contribution is -2.48. The second-order valence-electron chi connectivity index (χ2n) is 7.32. The standard InChI is InChI=1S/C23H25N5O4/c1-31-17-6-4-5-16(13-17)24-21-14-19(18-7-2-3-8-20(18)25-21)23(30)27-26-22(29)15-28-9-11-32-12-10-28/h2-8,13-14H,9-12,15H2,1H3,(H,24,25)(H,26,29)(H,27,30). The molecule has 3 aromatic rings. The maximum absolute atomic E-state index is 12.9. The maximum Gasteiger partial charge on any atom is 0.270 e.